The van der Waals surface area contributed by atoms with Gasteiger partial charge in [-0.15, -0.1) is 10.2 Å². The van der Waals surface area contributed by atoms with E-state index in [-0.39, 0.29) is 12.5 Å². The van der Waals surface area contributed by atoms with Crippen LogP contribution in [-0.2, 0) is 17.9 Å². The van der Waals surface area contributed by atoms with E-state index in [1.54, 1.807) is 52.7 Å². The zero-order chi connectivity index (χ0) is 21.5. The van der Waals surface area contributed by atoms with Crippen molar-refractivity contribution in [1.29, 1.82) is 0 Å². The highest BCUT2D eigenvalue weighted by Crippen LogP contribution is 2.30. The molecule has 10 heteroatoms. The van der Waals surface area contributed by atoms with Crippen molar-refractivity contribution in [2.75, 3.05) is 28.4 Å². The topological polar surface area (TPSA) is 110 Å². The molecule has 0 aliphatic heterocycles. The van der Waals surface area contributed by atoms with E-state index < -0.39 is 0 Å². The maximum absolute atomic E-state index is 12.3. The van der Waals surface area contributed by atoms with Crippen LogP contribution in [0.2, 0.25) is 0 Å². The molecule has 0 aliphatic rings. The first-order valence-corrected chi connectivity index (χ1v) is 9.05. The van der Waals surface area contributed by atoms with E-state index in [1.165, 1.54) is 4.80 Å². The number of tetrazole rings is 1. The van der Waals surface area contributed by atoms with E-state index in [2.05, 4.69) is 20.7 Å². The maximum atomic E-state index is 12.3. The van der Waals surface area contributed by atoms with Crippen LogP contribution in [0.3, 0.4) is 0 Å². The number of carbonyl (C=O) groups excluding carboxylic acids is 1. The molecule has 0 aliphatic carbocycles. The molecule has 0 bridgehead atoms. The molecule has 3 aromatic rings. The molecule has 30 heavy (non-hydrogen) atoms. The summed E-state index contributed by atoms with van der Waals surface area (Å²) in [5.74, 6) is 2.51. The number of carbonyl (C=O) groups is 1. The van der Waals surface area contributed by atoms with Gasteiger partial charge in [0.05, 0.1) is 28.4 Å². The SMILES string of the molecule is COc1ccc(CNC(=O)Cn2nnc(-c3ccc(OC)c(OC)c3)n2)cc1OC. The molecule has 0 fully saturated rings. The lowest BCUT2D eigenvalue weighted by molar-refractivity contribution is -0.122. The number of rotatable bonds is 9. The largest absolute Gasteiger partial charge is 0.493 e. The second-order valence-electron chi connectivity index (χ2n) is 6.18. The number of aromatic nitrogens is 4. The van der Waals surface area contributed by atoms with Gasteiger partial charge in [-0.2, -0.15) is 4.80 Å². The summed E-state index contributed by atoms with van der Waals surface area (Å²) in [6, 6.07) is 10.7. The average molecular weight is 413 g/mol. The standard InChI is InChI=1S/C20H23N5O5/c1-27-15-7-5-13(9-17(15)29-3)11-21-19(26)12-25-23-20(22-24-25)14-6-8-16(28-2)18(10-14)30-4/h5-10H,11-12H2,1-4H3,(H,21,26). The summed E-state index contributed by atoms with van der Waals surface area (Å²) in [6.07, 6.45) is 0. The summed E-state index contributed by atoms with van der Waals surface area (Å²) in [5, 5.41) is 15.0. The number of nitrogens with one attached hydrogen (secondary N) is 1. The van der Waals surface area contributed by atoms with Crippen LogP contribution in [-0.4, -0.2) is 54.6 Å². The third-order valence-electron chi connectivity index (χ3n) is 4.32. The number of benzene rings is 2. The van der Waals surface area contributed by atoms with Crippen LogP contribution in [0.5, 0.6) is 23.0 Å². The molecule has 0 saturated heterocycles. The summed E-state index contributed by atoms with van der Waals surface area (Å²) < 4.78 is 21.0. The number of hydrogen-bond donors (Lipinski definition) is 1. The molecule has 158 valence electrons. The van der Waals surface area contributed by atoms with Crippen LogP contribution < -0.4 is 24.3 Å². The Kier molecular flexibility index (Phi) is 6.68. The Morgan fingerprint density at radius 3 is 2.20 bits per heavy atom. The van der Waals surface area contributed by atoms with E-state index in [1.807, 2.05) is 12.1 Å². The molecule has 10 nitrogen and oxygen atoms in total. The van der Waals surface area contributed by atoms with Crippen LogP contribution >= 0.6 is 0 Å². The van der Waals surface area contributed by atoms with Gasteiger partial charge >= 0.3 is 0 Å². The van der Waals surface area contributed by atoms with Crippen LogP contribution in [0.25, 0.3) is 11.4 Å². The first-order valence-electron chi connectivity index (χ1n) is 9.05. The van der Waals surface area contributed by atoms with Crippen molar-refractivity contribution in [3.05, 3.63) is 42.0 Å². The molecule has 0 unspecified atom stereocenters. The van der Waals surface area contributed by atoms with Gasteiger partial charge in [0.25, 0.3) is 0 Å². The Morgan fingerprint density at radius 1 is 0.900 bits per heavy atom. The minimum atomic E-state index is -0.249. The van der Waals surface area contributed by atoms with Gasteiger partial charge in [0.15, 0.2) is 23.0 Å². The third kappa shape index (κ3) is 4.77. The van der Waals surface area contributed by atoms with E-state index in [0.717, 1.165) is 5.56 Å². The lowest BCUT2D eigenvalue weighted by atomic mass is 10.2. The van der Waals surface area contributed by atoms with E-state index in [9.17, 15) is 4.79 Å². The molecule has 0 radical (unpaired) electrons. The lowest BCUT2D eigenvalue weighted by Crippen LogP contribution is -2.28. The van der Waals surface area contributed by atoms with Gasteiger partial charge in [0, 0.05) is 12.1 Å². The molecule has 0 atom stereocenters. The summed E-state index contributed by atoms with van der Waals surface area (Å²) in [4.78, 5) is 13.5. The molecular formula is C20H23N5O5. The molecule has 0 spiro atoms. The van der Waals surface area contributed by atoms with Crippen molar-refractivity contribution < 1.29 is 23.7 Å². The van der Waals surface area contributed by atoms with Gasteiger partial charge in [0.2, 0.25) is 11.7 Å². The molecule has 0 saturated carbocycles. The number of hydrogen-bond acceptors (Lipinski definition) is 8. The molecule has 1 N–H and O–H groups in total. The summed E-state index contributed by atoms with van der Waals surface area (Å²) >= 11 is 0. The monoisotopic (exact) mass is 413 g/mol. The molecule has 2 aromatic carbocycles. The smallest absolute Gasteiger partial charge is 0.243 e. The number of ether oxygens (including phenoxy) is 4. The maximum Gasteiger partial charge on any atom is 0.243 e. The van der Waals surface area contributed by atoms with Crippen molar-refractivity contribution in [1.82, 2.24) is 25.5 Å². The second-order valence-corrected chi connectivity index (χ2v) is 6.18. The summed E-state index contributed by atoms with van der Waals surface area (Å²) in [5.41, 5.74) is 1.57. The molecule has 1 heterocycles. The van der Waals surface area contributed by atoms with Crippen LogP contribution in [0.4, 0.5) is 0 Å². The van der Waals surface area contributed by atoms with E-state index >= 15 is 0 Å². The minimum absolute atomic E-state index is 0.0619. The predicted octanol–water partition coefficient (Wildman–Crippen LogP) is 1.69. The normalized spacial score (nSPS) is 10.4. The Hall–Kier alpha value is -3.82. The predicted molar refractivity (Wildman–Crippen MR) is 108 cm³/mol. The highest BCUT2D eigenvalue weighted by atomic mass is 16.5. The molecule has 3 rings (SSSR count). The quantitative estimate of drug-likeness (QED) is 0.564. The molecular weight excluding hydrogens is 390 g/mol. The first-order chi connectivity index (χ1) is 14.6. The van der Waals surface area contributed by atoms with Crippen LogP contribution in [0.1, 0.15) is 5.56 Å². The highest BCUT2D eigenvalue weighted by Gasteiger charge is 2.13. The third-order valence-corrected chi connectivity index (χ3v) is 4.32. The Bertz CT molecular complexity index is 1020. The van der Waals surface area contributed by atoms with Gasteiger partial charge in [-0.05, 0) is 41.1 Å². The number of nitrogens with zero attached hydrogens (tertiary/aromatic N) is 4. The number of methoxy groups -OCH3 is 4. The molecule has 1 amide bonds. The van der Waals surface area contributed by atoms with Gasteiger partial charge < -0.3 is 24.3 Å². The van der Waals surface area contributed by atoms with Crippen molar-refractivity contribution in [2.45, 2.75) is 13.1 Å². The second kappa shape index (κ2) is 9.59. The van der Waals surface area contributed by atoms with E-state index in [4.69, 9.17) is 18.9 Å². The van der Waals surface area contributed by atoms with Crippen molar-refractivity contribution in [3.8, 4) is 34.4 Å². The van der Waals surface area contributed by atoms with Crippen molar-refractivity contribution in [2.24, 2.45) is 0 Å². The average Bonchev–Trinajstić information content (AvgIpc) is 3.25. The Labute approximate surface area is 173 Å². The Morgan fingerprint density at radius 2 is 1.53 bits per heavy atom. The van der Waals surface area contributed by atoms with Gasteiger partial charge in [0.1, 0.15) is 6.54 Å². The van der Waals surface area contributed by atoms with E-state index in [0.29, 0.717) is 40.9 Å². The zero-order valence-corrected chi connectivity index (χ0v) is 17.2. The fraction of sp³-hybridized carbons (Fsp3) is 0.300. The van der Waals surface area contributed by atoms with Crippen LogP contribution in [0.15, 0.2) is 36.4 Å². The number of amides is 1. The van der Waals surface area contributed by atoms with Crippen molar-refractivity contribution in [3.63, 3.8) is 0 Å². The summed E-state index contributed by atoms with van der Waals surface area (Å²) in [7, 11) is 6.24. The fourth-order valence-electron chi connectivity index (χ4n) is 2.78. The highest BCUT2D eigenvalue weighted by molar-refractivity contribution is 5.75. The van der Waals surface area contributed by atoms with Crippen molar-refractivity contribution >= 4 is 5.91 Å². The molecule has 1 aromatic heterocycles. The minimum Gasteiger partial charge on any atom is -0.493 e. The lowest BCUT2D eigenvalue weighted by Gasteiger charge is -2.10. The Balaban J connectivity index is 1.61. The van der Waals surface area contributed by atoms with Gasteiger partial charge in [-0.1, -0.05) is 6.07 Å². The summed E-state index contributed by atoms with van der Waals surface area (Å²) in [6.45, 7) is 0.268. The van der Waals surface area contributed by atoms with Gasteiger partial charge in [-0.3, -0.25) is 4.79 Å². The van der Waals surface area contributed by atoms with Crippen LogP contribution in [0, 0.1) is 0 Å². The fourth-order valence-corrected chi connectivity index (χ4v) is 2.78. The van der Waals surface area contributed by atoms with Gasteiger partial charge in [-0.25, -0.2) is 0 Å². The zero-order valence-electron chi connectivity index (χ0n) is 17.2. The first kappa shape index (κ1) is 20.9.